The Morgan fingerprint density at radius 2 is 1.93 bits per heavy atom. The van der Waals surface area contributed by atoms with Gasteiger partial charge in [0.2, 0.25) is 0 Å². The first-order valence-corrected chi connectivity index (χ1v) is 10.00. The molecule has 1 aromatic heterocycles. The molecule has 0 aliphatic carbocycles. The van der Waals surface area contributed by atoms with Crippen molar-refractivity contribution >= 4 is 5.91 Å². The van der Waals surface area contributed by atoms with Gasteiger partial charge in [-0.2, -0.15) is 0 Å². The molecule has 0 radical (unpaired) electrons. The van der Waals surface area contributed by atoms with Crippen molar-refractivity contribution in [2.24, 2.45) is 0 Å². The summed E-state index contributed by atoms with van der Waals surface area (Å²) in [5, 5.41) is 22.0. The predicted molar refractivity (Wildman–Crippen MR) is 108 cm³/mol. The Morgan fingerprint density at radius 3 is 2.57 bits per heavy atom. The second kappa shape index (κ2) is 8.41. The maximum atomic E-state index is 12.3. The van der Waals surface area contributed by atoms with E-state index in [1.807, 2.05) is 26.8 Å². The minimum atomic E-state index is -0.822. The summed E-state index contributed by atoms with van der Waals surface area (Å²) < 4.78 is 1.58. The molecule has 0 spiro atoms. The Labute approximate surface area is 166 Å². The van der Waals surface area contributed by atoms with E-state index >= 15 is 0 Å². The van der Waals surface area contributed by atoms with Crippen molar-refractivity contribution in [2.45, 2.75) is 64.3 Å². The summed E-state index contributed by atoms with van der Waals surface area (Å²) in [5.41, 5.74) is 0.462. The third kappa shape index (κ3) is 5.39. The van der Waals surface area contributed by atoms with Crippen LogP contribution in [0.15, 0.2) is 36.5 Å². The van der Waals surface area contributed by atoms with Gasteiger partial charge in [-0.25, -0.2) is 4.68 Å². The monoisotopic (exact) mass is 385 g/mol. The summed E-state index contributed by atoms with van der Waals surface area (Å²) >= 11 is 0. The Kier molecular flexibility index (Phi) is 6.15. The first kappa shape index (κ1) is 20.5. The summed E-state index contributed by atoms with van der Waals surface area (Å²) in [7, 11) is 0. The lowest BCUT2D eigenvalue weighted by Gasteiger charge is -2.38. The summed E-state index contributed by atoms with van der Waals surface area (Å²) in [6.07, 6.45) is 3.79. The molecule has 1 saturated heterocycles. The van der Waals surface area contributed by atoms with Crippen molar-refractivity contribution in [1.29, 1.82) is 0 Å². The Balaban J connectivity index is 1.53. The molecule has 2 aromatic rings. The van der Waals surface area contributed by atoms with Crippen molar-refractivity contribution in [2.75, 3.05) is 13.1 Å². The quantitative estimate of drug-likeness (QED) is 0.764. The maximum Gasteiger partial charge on any atom is 0.273 e. The zero-order valence-electron chi connectivity index (χ0n) is 17.1. The van der Waals surface area contributed by atoms with Crippen LogP contribution in [0.5, 0.6) is 0 Å². The van der Waals surface area contributed by atoms with Gasteiger partial charge in [-0.15, -0.1) is 5.10 Å². The van der Waals surface area contributed by atoms with E-state index in [1.165, 1.54) is 5.56 Å². The molecule has 3 rings (SSSR count). The number of likely N-dealkylation sites (tertiary alicyclic amines) is 1. The number of hydrogen-bond acceptors (Lipinski definition) is 5. The first-order valence-electron chi connectivity index (χ1n) is 10.00. The van der Waals surface area contributed by atoms with E-state index in [4.69, 9.17) is 0 Å². The predicted octanol–water partition coefficient (Wildman–Crippen LogP) is 2.22. The molecule has 7 heteroatoms. The van der Waals surface area contributed by atoms with Gasteiger partial charge >= 0.3 is 0 Å². The van der Waals surface area contributed by atoms with Gasteiger partial charge in [0.15, 0.2) is 5.69 Å². The van der Waals surface area contributed by atoms with Crippen LogP contribution in [-0.4, -0.2) is 55.1 Å². The average Bonchev–Trinajstić information content (AvgIpc) is 3.13. The molecule has 2 N–H and O–H groups in total. The fourth-order valence-corrected chi connectivity index (χ4v) is 3.37. The van der Waals surface area contributed by atoms with Crippen LogP contribution < -0.4 is 5.32 Å². The van der Waals surface area contributed by atoms with E-state index < -0.39 is 5.60 Å². The summed E-state index contributed by atoms with van der Waals surface area (Å²) in [6, 6.07) is 10.4. The van der Waals surface area contributed by atoms with Gasteiger partial charge in [-0.1, -0.05) is 42.5 Å². The van der Waals surface area contributed by atoms with E-state index in [1.54, 1.807) is 10.9 Å². The summed E-state index contributed by atoms with van der Waals surface area (Å²) in [6.45, 7) is 8.89. The third-order valence-corrected chi connectivity index (χ3v) is 5.60. The van der Waals surface area contributed by atoms with Gasteiger partial charge in [-0.05, 0) is 38.7 Å². The molecule has 1 aliphatic rings. The molecule has 0 saturated carbocycles. The molecule has 1 fully saturated rings. The topological polar surface area (TPSA) is 83.3 Å². The van der Waals surface area contributed by atoms with Crippen molar-refractivity contribution in [1.82, 2.24) is 25.2 Å². The maximum absolute atomic E-state index is 12.3. The van der Waals surface area contributed by atoms with Crippen LogP contribution in [0.3, 0.4) is 0 Å². The van der Waals surface area contributed by atoms with Crippen LogP contribution in [0.4, 0.5) is 0 Å². The molecule has 1 aromatic carbocycles. The molecular formula is C21H31N5O2. The number of nitrogens with one attached hydrogen (secondary N) is 1. The lowest BCUT2D eigenvalue weighted by Crippen LogP contribution is -2.46. The SMILES string of the molecule is CCC(C)(C)NC(=O)c1cn(CC2(O)CCN(Cc3ccccc3)CC2)nn1. The second-order valence-electron chi connectivity index (χ2n) is 8.48. The smallest absolute Gasteiger partial charge is 0.273 e. The van der Waals surface area contributed by atoms with Crippen LogP contribution in [0.2, 0.25) is 0 Å². The lowest BCUT2D eigenvalue weighted by atomic mass is 9.91. The normalized spacial score (nSPS) is 17.4. The Bertz CT molecular complexity index is 779. The number of amides is 1. The van der Waals surface area contributed by atoms with E-state index in [-0.39, 0.29) is 17.1 Å². The molecule has 1 aliphatic heterocycles. The second-order valence-corrected chi connectivity index (χ2v) is 8.48. The van der Waals surface area contributed by atoms with Gasteiger partial charge in [0.25, 0.3) is 5.91 Å². The molecule has 7 nitrogen and oxygen atoms in total. The zero-order chi connectivity index (χ0) is 20.2. The highest BCUT2D eigenvalue weighted by molar-refractivity contribution is 5.92. The Morgan fingerprint density at radius 1 is 1.25 bits per heavy atom. The van der Waals surface area contributed by atoms with Gasteiger partial charge in [0.1, 0.15) is 0 Å². The van der Waals surface area contributed by atoms with Gasteiger partial charge in [0, 0.05) is 25.2 Å². The molecule has 0 bridgehead atoms. The van der Waals surface area contributed by atoms with E-state index in [2.05, 4.69) is 44.8 Å². The van der Waals surface area contributed by atoms with Gasteiger partial charge in [0.05, 0.1) is 18.3 Å². The number of aliphatic hydroxyl groups is 1. The van der Waals surface area contributed by atoms with Crippen molar-refractivity contribution in [3.8, 4) is 0 Å². The number of hydrogen-bond donors (Lipinski definition) is 2. The largest absolute Gasteiger partial charge is 0.388 e. The molecule has 28 heavy (non-hydrogen) atoms. The number of aromatic nitrogens is 3. The molecular weight excluding hydrogens is 354 g/mol. The minimum Gasteiger partial charge on any atom is -0.388 e. The number of carbonyl (C=O) groups is 1. The molecule has 1 amide bonds. The Hall–Kier alpha value is -2.25. The van der Waals surface area contributed by atoms with E-state index in [9.17, 15) is 9.90 Å². The molecule has 0 unspecified atom stereocenters. The minimum absolute atomic E-state index is 0.234. The fraction of sp³-hybridized carbons (Fsp3) is 0.571. The van der Waals surface area contributed by atoms with Crippen molar-refractivity contribution < 1.29 is 9.90 Å². The van der Waals surface area contributed by atoms with Gasteiger partial charge in [-0.3, -0.25) is 9.69 Å². The van der Waals surface area contributed by atoms with Crippen LogP contribution >= 0.6 is 0 Å². The van der Waals surface area contributed by atoms with Crippen molar-refractivity contribution in [3.63, 3.8) is 0 Å². The summed E-state index contributed by atoms with van der Waals surface area (Å²) in [4.78, 5) is 14.7. The highest BCUT2D eigenvalue weighted by atomic mass is 16.3. The number of benzene rings is 1. The molecule has 152 valence electrons. The summed E-state index contributed by atoms with van der Waals surface area (Å²) in [5.74, 6) is -0.234. The average molecular weight is 386 g/mol. The van der Waals surface area contributed by atoms with Crippen molar-refractivity contribution in [3.05, 3.63) is 47.8 Å². The number of carbonyl (C=O) groups excluding carboxylic acids is 1. The van der Waals surface area contributed by atoms with Crippen LogP contribution in [0.25, 0.3) is 0 Å². The molecule has 2 heterocycles. The number of rotatable bonds is 7. The fourth-order valence-electron chi connectivity index (χ4n) is 3.37. The highest BCUT2D eigenvalue weighted by Crippen LogP contribution is 2.25. The number of nitrogens with zero attached hydrogens (tertiary/aromatic N) is 4. The first-order chi connectivity index (χ1) is 13.3. The van der Waals surface area contributed by atoms with Crippen LogP contribution in [0, 0.1) is 0 Å². The molecule has 0 atom stereocenters. The zero-order valence-corrected chi connectivity index (χ0v) is 17.1. The number of piperidine rings is 1. The van der Waals surface area contributed by atoms with Crippen LogP contribution in [0.1, 0.15) is 56.1 Å². The van der Waals surface area contributed by atoms with E-state index in [0.29, 0.717) is 19.4 Å². The third-order valence-electron chi connectivity index (χ3n) is 5.60. The lowest BCUT2D eigenvalue weighted by molar-refractivity contribution is -0.0383. The van der Waals surface area contributed by atoms with E-state index in [0.717, 1.165) is 26.1 Å². The van der Waals surface area contributed by atoms with Crippen LogP contribution in [-0.2, 0) is 13.1 Å². The van der Waals surface area contributed by atoms with Gasteiger partial charge < -0.3 is 10.4 Å². The standard InChI is InChI=1S/C21H31N5O2/c1-4-20(2,3)22-19(27)18-15-26(24-23-18)16-21(28)10-12-25(13-11-21)14-17-8-6-5-7-9-17/h5-9,15,28H,4,10-14,16H2,1-3H3,(H,22,27). The highest BCUT2D eigenvalue weighted by Gasteiger charge is 2.33.